The van der Waals surface area contributed by atoms with Gasteiger partial charge in [-0.15, -0.1) is 0 Å². The molecule has 0 heterocycles. The van der Waals surface area contributed by atoms with Crippen molar-refractivity contribution >= 4 is 5.78 Å². The summed E-state index contributed by atoms with van der Waals surface area (Å²) in [6.07, 6.45) is 4.09. The van der Waals surface area contributed by atoms with Gasteiger partial charge in [-0.05, 0) is 52.8 Å². The third-order valence-corrected chi connectivity index (χ3v) is 5.00. The van der Waals surface area contributed by atoms with Crippen molar-refractivity contribution in [1.82, 2.24) is 0 Å². The second-order valence-electron chi connectivity index (χ2n) is 7.25. The van der Waals surface area contributed by atoms with Crippen molar-refractivity contribution in [2.45, 2.75) is 64.2 Å². The lowest BCUT2D eigenvalue weighted by molar-refractivity contribution is 0.0994. The highest BCUT2D eigenvalue weighted by Crippen LogP contribution is 2.47. The van der Waals surface area contributed by atoms with Crippen LogP contribution in [0.2, 0.25) is 0 Å². The molecule has 0 saturated heterocycles. The Morgan fingerprint density at radius 1 is 0.889 bits per heavy atom. The van der Waals surface area contributed by atoms with Gasteiger partial charge < -0.3 is 0 Å². The van der Waals surface area contributed by atoms with Crippen LogP contribution in [0.1, 0.15) is 74.0 Å². The molecule has 0 N–H and O–H groups in total. The Morgan fingerprint density at radius 2 is 1.44 bits per heavy atom. The molecule has 0 aliphatic heterocycles. The first-order chi connectivity index (χ1) is 8.31. The molecule has 0 saturated carbocycles. The topological polar surface area (TPSA) is 17.1 Å². The summed E-state index contributed by atoms with van der Waals surface area (Å²) in [4.78, 5) is 11.9. The van der Waals surface area contributed by atoms with Crippen LogP contribution < -0.4 is 0 Å². The largest absolute Gasteiger partial charge is 0.294 e. The lowest BCUT2D eigenvalue weighted by Crippen LogP contribution is -2.34. The van der Waals surface area contributed by atoms with Gasteiger partial charge in [-0.1, -0.05) is 33.8 Å². The SMILES string of the molecule is CC1(C)CCC(C)(C)c2cc3c(cc21)CCC3=O. The molecule has 2 aliphatic carbocycles. The van der Waals surface area contributed by atoms with E-state index in [9.17, 15) is 4.79 Å². The maximum Gasteiger partial charge on any atom is 0.163 e. The van der Waals surface area contributed by atoms with Crippen LogP contribution in [0.5, 0.6) is 0 Å². The Hall–Kier alpha value is -1.11. The summed E-state index contributed by atoms with van der Waals surface area (Å²) >= 11 is 0. The van der Waals surface area contributed by atoms with E-state index < -0.39 is 0 Å². The van der Waals surface area contributed by atoms with Crippen LogP contribution in [0, 0.1) is 0 Å². The first-order valence-electron chi connectivity index (χ1n) is 7.02. The lowest BCUT2D eigenvalue weighted by atomic mass is 9.62. The standard InChI is InChI=1S/C17H22O/c1-16(2)7-8-17(3,4)14-10-12-11(9-13(14)16)5-6-15(12)18/h9-10H,5-8H2,1-4H3. The molecule has 0 unspecified atom stereocenters. The molecule has 18 heavy (non-hydrogen) atoms. The van der Waals surface area contributed by atoms with Gasteiger partial charge in [-0.25, -0.2) is 0 Å². The quantitative estimate of drug-likeness (QED) is 0.667. The fraction of sp³-hybridized carbons (Fsp3) is 0.588. The summed E-state index contributed by atoms with van der Waals surface area (Å²) < 4.78 is 0. The number of Topliss-reactive ketones (excluding diaryl/α,β-unsaturated/α-hetero) is 1. The van der Waals surface area contributed by atoms with E-state index in [4.69, 9.17) is 0 Å². The van der Waals surface area contributed by atoms with Gasteiger partial charge in [0.25, 0.3) is 0 Å². The van der Waals surface area contributed by atoms with Crippen LogP contribution in [-0.2, 0) is 17.3 Å². The van der Waals surface area contributed by atoms with Gasteiger partial charge in [0.1, 0.15) is 0 Å². The highest BCUT2D eigenvalue weighted by Gasteiger charge is 2.38. The molecule has 0 aromatic heterocycles. The summed E-state index contributed by atoms with van der Waals surface area (Å²) in [6, 6.07) is 4.54. The summed E-state index contributed by atoms with van der Waals surface area (Å²) in [7, 11) is 0. The number of carbonyl (C=O) groups is 1. The van der Waals surface area contributed by atoms with E-state index in [0.717, 1.165) is 12.0 Å². The highest BCUT2D eigenvalue weighted by atomic mass is 16.1. The molecule has 1 heteroatoms. The monoisotopic (exact) mass is 242 g/mol. The van der Waals surface area contributed by atoms with Crippen molar-refractivity contribution in [2.24, 2.45) is 0 Å². The summed E-state index contributed by atoms with van der Waals surface area (Å²) in [5, 5.41) is 0. The van der Waals surface area contributed by atoms with Crippen molar-refractivity contribution < 1.29 is 4.79 Å². The van der Waals surface area contributed by atoms with E-state index in [-0.39, 0.29) is 10.8 Å². The molecule has 0 bridgehead atoms. The minimum atomic E-state index is 0.211. The number of carbonyl (C=O) groups excluding carboxylic acids is 1. The minimum absolute atomic E-state index is 0.211. The van der Waals surface area contributed by atoms with Crippen LogP contribution in [0.3, 0.4) is 0 Å². The predicted octanol–water partition coefficient (Wildman–Crippen LogP) is 4.16. The van der Waals surface area contributed by atoms with Gasteiger partial charge in [0.2, 0.25) is 0 Å². The van der Waals surface area contributed by atoms with Crippen molar-refractivity contribution in [2.75, 3.05) is 0 Å². The number of fused-ring (bicyclic) bond motifs is 2. The average molecular weight is 242 g/mol. The van der Waals surface area contributed by atoms with E-state index in [1.807, 2.05) is 0 Å². The Labute approximate surface area is 110 Å². The van der Waals surface area contributed by atoms with Crippen molar-refractivity contribution in [3.8, 4) is 0 Å². The molecule has 1 nitrogen and oxygen atoms in total. The normalized spacial score (nSPS) is 23.7. The molecule has 0 amide bonds. The van der Waals surface area contributed by atoms with Crippen LogP contribution in [0.25, 0.3) is 0 Å². The van der Waals surface area contributed by atoms with Gasteiger partial charge in [0.15, 0.2) is 5.78 Å². The molecule has 2 aliphatic rings. The molecule has 3 rings (SSSR count). The van der Waals surface area contributed by atoms with E-state index in [1.54, 1.807) is 0 Å². The molecule has 0 fully saturated rings. The van der Waals surface area contributed by atoms with Crippen molar-refractivity contribution in [3.05, 3.63) is 34.4 Å². The van der Waals surface area contributed by atoms with Crippen LogP contribution in [0.4, 0.5) is 0 Å². The fourth-order valence-corrected chi connectivity index (χ4v) is 3.51. The molecule has 0 radical (unpaired) electrons. The zero-order valence-electron chi connectivity index (χ0n) is 11.9. The number of hydrogen-bond donors (Lipinski definition) is 0. The first-order valence-corrected chi connectivity index (χ1v) is 7.02. The zero-order valence-corrected chi connectivity index (χ0v) is 11.9. The van der Waals surface area contributed by atoms with E-state index in [2.05, 4.69) is 39.8 Å². The van der Waals surface area contributed by atoms with E-state index in [1.165, 1.54) is 29.5 Å². The smallest absolute Gasteiger partial charge is 0.163 e. The minimum Gasteiger partial charge on any atom is -0.294 e. The Balaban J connectivity index is 2.27. The summed E-state index contributed by atoms with van der Waals surface area (Å²) in [5.74, 6) is 0.340. The number of rotatable bonds is 0. The van der Waals surface area contributed by atoms with Gasteiger partial charge in [0.05, 0.1) is 0 Å². The van der Waals surface area contributed by atoms with Crippen LogP contribution in [-0.4, -0.2) is 5.78 Å². The van der Waals surface area contributed by atoms with Crippen molar-refractivity contribution in [1.29, 1.82) is 0 Å². The Kier molecular flexibility index (Phi) is 2.30. The molecular formula is C17H22O. The van der Waals surface area contributed by atoms with Crippen LogP contribution in [0.15, 0.2) is 12.1 Å². The number of benzene rings is 1. The maximum absolute atomic E-state index is 11.9. The lowest BCUT2D eigenvalue weighted by Gasteiger charge is -2.42. The van der Waals surface area contributed by atoms with Crippen molar-refractivity contribution in [3.63, 3.8) is 0 Å². The molecule has 1 aromatic rings. The summed E-state index contributed by atoms with van der Waals surface area (Å²) in [5.41, 5.74) is 5.64. The third-order valence-electron chi connectivity index (χ3n) is 5.00. The molecule has 0 atom stereocenters. The second-order valence-corrected chi connectivity index (χ2v) is 7.25. The third kappa shape index (κ3) is 1.56. The maximum atomic E-state index is 11.9. The van der Waals surface area contributed by atoms with Crippen LogP contribution >= 0.6 is 0 Å². The number of hydrogen-bond acceptors (Lipinski definition) is 1. The Morgan fingerprint density at radius 3 is 2.06 bits per heavy atom. The molecular weight excluding hydrogens is 220 g/mol. The molecule has 1 aromatic carbocycles. The second kappa shape index (κ2) is 3.46. The predicted molar refractivity (Wildman–Crippen MR) is 74.4 cm³/mol. The van der Waals surface area contributed by atoms with Gasteiger partial charge in [-0.2, -0.15) is 0 Å². The van der Waals surface area contributed by atoms with Gasteiger partial charge in [-0.3, -0.25) is 4.79 Å². The first kappa shape index (κ1) is 12.0. The van der Waals surface area contributed by atoms with E-state index >= 15 is 0 Å². The Bertz CT molecular complexity index is 535. The molecule has 0 spiro atoms. The fourth-order valence-electron chi connectivity index (χ4n) is 3.51. The number of aryl methyl sites for hydroxylation is 1. The summed E-state index contributed by atoms with van der Waals surface area (Å²) in [6.45, 7) is 9.30. The van der Waals surface area contributed by atoms with Gasteiger partial charge in [0, 0.05) is 12.0 Å². The van der Waals surface area contributed by atoms with E-state index in [0.29, 0.717) is 12.2 Å². The number of ketones is 1. The average Bonchev–Trinajstić information content (AvgIpc) is 2.66. The zero-order chi connectivity index (χ0) is 13.1. The molecule has 96 valence electrons. The van der Waals surface area contributed by atoms with Gasteiger partial charge >= 0.3 is 0 Å². The highest BCUT2D eigenvalue weighted by molar-refractivity contribution is 6.00.